The fraction of sp³-hybridized carbons (Fsp3) is 0.333. The van der Waals surface area contributed by atoms with Crippen LogP contribution in [0.25, 0.3) is 0 Å². The van der Waals surface area contributed by atoms with Crippen molar-refractivity contribution in [3.8, 4) is 5.75 Å². The van der Waals surface area contributed by atoms with E-state index in [1.54, 1.807) is 0 Å². The molecule has 4 nitrogen and oxygen atoms in total. The van der Waals surface area contributed by atoms with Gasteiger partial charge in [0.05, 0.1) is 6.61 Å². The Labute approximate surface area is 165 Å². The van der Waals surface area contributed by atoms with Gasteiger partial charge in [-0.15, -0.1) is 0 Å². The van der Waals surface area contributed by atoms with Gasteiger partial charge in [0.15, 0.2) is 5.11 Å². The number of rotatable bonds is 9. The van der Waals surface area contributed by atoms with Crippen LogP contribution in [-0.2, 0) is 0 Å². The largest absolute Gasteiger partial charge is 0.494 e. The third-order valence-corrected chi connectivity index (χ3v) is 4.17. The van der Waals surface area contributed by atoms with Crippen LogP contribution in [0.2, 0.25) is 0 Å². The second kappa shape index (κ2) is 11.3. The van der Waals surface area contributed by atoms with Crippen LogP contribution in [0, 0.1) is 5.82 Å². The van der Waals surface area contributed by atoms with E-state index in [2.05, 4.69) is 17.6 Å². The van der Waals surface area contributed by atoms with Crippen molar-refractivity contribution in [2.45, 2.75) is 39.0 Å². The Kier molecular flexibility index (Phi) is 8.71. The molecule has 2 N–H and O–H groups in total. The monoisotopic (exact) mass is 388 g/mol. The van der Waals surface area contributed by atoms with Gasteiger partial charge in [0.25, 0.3) is 5.91 Å². The number of hydrogen-bond acceptors (Lipinski definition) is 3. The number of ether oxygens (including phenoxy) is 1. The number of hydrogen-bond donors (Lipinski definition) is 2. The summed E-state index contributed by atoms with van der Waals surface area (Å²) >= 11 is 5.14. The number of halogens is 1. The third kappa shape index (κ3) is 7.74. The number of benzene rings is 2. The molecule has 0 aliphatic carbocycles. The molecule has 0 spiro atoms. The zero-order chi connectivity index (χ0) is 19.5. The van der Waals surface area contributed by atoms with Gasteiger partial charge < -0.3 is 10.1 Å². The van der Waals surface area contributed by atoms with Crippen LogP contribution in [0.4, 0.5) is 10.1 Å². The predicted octanol–water partition coefficient (Wildman–Crippen LogP) is 5.30. The smallest absolute Gasteiger partial charge is 0.257 e. The first-order chi connectivity index (χ1) is 13.1. The van der Waals surface area contributed by atoms with Crippen molar-refractivity contribution in [3.63, 3.8) is 0 Å². The van der Waals surface area contributed by atoms with E-state index in [0.29, 0.717) is 12.2 Å². The van der Waals surface area contributed by atoms with Crippen LogP contribution >= 0.6 is 12.2 Å². The van der Waals surface area contributed by atoms with E-state index in [-0.39, 0.29) is 5.11 Å². The molecule has 6 heteroatoms. The highest BCUT2D eigenvalue weighted by molar-refractivity contribution is 7.80. The molecule has 0 unspecified atom stereocenters. The Balaban J connectivity index is 1.74. The molecule has 2 aromatic carbocycles. The molecule has 1 amide bonds. The number of carbonyl (C=O) groups excluding carboxylic acids is 1. The maximum absolute atomic E-state index is 12.9. The second-order valence-electron chi connectivity index (χ2n) is 6.20. The predicted molar refractivity (Wildman–Crippen MR) is 111 cm³/mol. The lowest BCUT2D eigenvalue weighted by atomic mass is 10.2. The van der Waals surface area contributed by atoms with Crippen molar-refractivity contribution in [1.82, 2.24) is 5.32 Å². The fourth-order valence-corrected chi connectivity index (χ4v) is 2.68. The first-order valence-electron chi connectivity index (χ1n) is 9.19. The van der Waals surface area contributed by atoms with E-state index < -0.39 is 11.7 Å². The number of amides is 1. The molecule has 0 aliphatic heterocycles. The molecule has 0 radical (unpaired) electrons. The van der Waals surface area contributed by atoms with Gasteiger partial charge in [-0.05, 0) is 67.2 Å². The summed E-state index contributed by atoms with van der Waals surface area (Å²) in [7, 11) is 0. The topological polar surface area (TPSA) is 50.4 Å². The normalized spacial score (nSPS) is 10.3. The highest BCUT2D eigenvalue weighted by Crippen LogP contribution is 2.16. The van der Waals surface area contributed by atoms with Gasteiger partial charge in [-0.1, -0.05) is 32.6 Å². The Morgan fingerprint density at radius 3 is 2.33 bits per heavy atom. The van der Waals surface area contributed by atoms with Crippen molar-refractivity contribution in [2.75, 3.05) is 11.9 Å². The Morgan fingerprint density at radius 1 is 1.00 bits per heavy atom. The molecular weight excluding hydrogens is 363 g/mol. The minimum atomic E-state index is -0.393. The van der Waals surface area contributed by atoms with E-state index in [0.717, 1.165) is 17.9 Å². The van der Waals surface area contributed by atoms with Crippen LogP contribution in [0.5, 0.6) is 5.75 Å². The summed E-state index contributed by atoms with van der Waals surface area (Å²) in [6, 6.07) is 12.7. The lowest BCUT2D eigenvalue weighted by Gasteiger charge is -2.11. The second-order valence-corrected chi connectivity index (χ2v) is 6.61. The molecule has 0 saturated heterocycles. The summed E-state index contributed by atoms with van der Waals surface area (Å²) in [5, 5.41) is 5.68. The number of unbranched alkanes of at least 4 members (excludes halogenated alkanes) is 4. The molecule has 2 aromatic rings. The van der Waals surface area contributed by atoms with E-state index in [1.807, 2.05) is 24.3 Å². The van der Waals surface area contributed by atoms with Crippen LogP contribution < -0.4 is 15.4 Å². The van der Waals surface area contributed by atoms with Crippen molar-refractivity contribution in [2.24, 2.45) is 0 Å². The lowest BCUT2D eigenvalue weighted by Crippen LogP contribution is -2.34. The molecule has 0 heterocycles. The summed E-state index contributed by atoms with van der Waals surface area (Å²) in [4.78, 5) is 12.0. The van der Waals surface area contributed by atoms with Gasteiger partial charge in [-0.2, -0.15) is 0 Å². The highest BCUT2D eigenvalue weighted by atomic mass is 32.1. The Bertz CT molecular complexity index is 733. The maximum atomic E-state index is 12.9. The molecule has 0 fully saturated rings. The molecule has 0 atom stereocenters. The minimum absolute atomic E-state index is 0.175. The molecular formula is C21H25FN2O2S. The number of carbonyl (C=O) groups is 1. The van der Waals surface area contributed by atoms with Gasteiger partial charge in [0.2, 0.25) is 0 Å². The van der Waals surface area contributed by atoms with Crippen molar-refractivity contribution in [3.05, 3.63) is 59.9 Å². The lowest BCUT2D eigenvalue weighted by molar-refractivity contribution is 0.0977. The first-order valence-corrected chi connectivity index (χ1v) is 9.60. The molecule has 0 saturated carbocycles. The molecule has 27 heavy (non-hydrogen) atoms. The van der Waals surface area contributed by atoms with Gasteiger partial charge >= 0.3 is 0 Å². The molecule has 144 valence electrons. The average molecular weight is 389 g/mol. The molecule has 2 rings (SSSR count). The van der Waals surface area contributed by atoms with Crippen molar-refractivity contribution >= 4 is 28.9 Å². The summed E-state index contributed by atoms with van der Waals surface area (Å²) in [6.07, 6.45) is 6.01. The minimum Gasteiger partial charge on any atom is -0.494 e. The van der Waals surface area contributed by atoms with Gasteiger partial charge in [-0.3, -0.25) is 10.1 Å². The zero-order valence-corrected chi connectivity index (χ0v) is 16.3. The van der Waals surface area contributed by atoms with E-state index in [9.17, 15) is 9.18 Å². The van der Waals surface area contributed by atoms with E-state index >= 15 is 0 Å². The standard InChI is InChI=1S/C21H25FN2O2S/c1-2-3-4-5-6-15-26-19-13-11-18(12-14-19)23-21(27)24-20(25)16-7-9-17(22)10-8-16/h7-14H,2-6,15H2,1H3,(H2,23,24,25,27). The SMILES string of the molecule is CCCCCCCOc1ccc(NC(=S)NC(=O)c2ccc(F)cc2)cc1. The van der Waals surface area contributed by atoms with E-state index in [4.69, 9.17) is 17.0 Å². The Hall–Kier alpha value is -2.47. The zero-order valence-electron chi connectivity index (χ0n) is 15.5. The van der Waals surface area contributed by atoms with E-state index in [1.165, 1.54) is 49.9 Å². The van der Waals surface area contributed by atoms with Crippen LogP contribution in [-0.4, -0.2) is 17.6 Å². The summed E-state index contributed by atoms with van der Waals surface area (Å²) in [6.45, 7) is 2.91. The average Bonchev–Trinajstić information content (AvgIpc) is 2.66. The number of anilines is 1. The van der Waals surface area contributed by atoms with Gasteiger partial charge in [0.1, 0.15) is 11.6 Å². The first kappa shape index (κ1) is 20.8. The molecule has 0 aromatic heterocycles. The summed E-state index contributed by atoms with van der Waals surface area (Å²) in [5.41, 5.74) is 1.08. The third-order valence-electron chi connectivity index (χ3n) is 3.96. The van der Waals surface area contributed by atoms with Crippen molar-refractivity contribution < 1.29 is 13.9 Å². The Morgan fingerprint density at radius 2 is 1.67 bits per heavy atom. The van der Waals surface area contributed by atoms with Gasteiger partial charge in [-0.25, -0.2) is 4.39 Å². The quantitative estimate of drug-likeness (QED) is 0.452. The fourth-order valence-electron chi connectivity index (χ4n) is 2.47. The maximum Gasteiger partial charge on any atom is 0.257 e. The van der Waals surface area contributed by atoms with Crippen LogP contribution in [0.15, 0.2) is 48.5 Å². The summed E-state index contributed by atoms with van der Waals surface area (Å²) < 4.78 is 18.6. The summed E-state index contributed by atoms with van der Waals surface area (Å²) in [5.74, 6) is 0.0170. The van der Waals surface area contributed by atoms with Crippen molar-refractivity contribution in [1.29, 1.82) is 0 Å². The van der Waals surface area contributed by atoms with Crippen LogP contribution in [0.1, 0.15) is 49.4 Å². The molecule has 0 bridgehead atoms. The van der Waals surface area contributed by atoms with Gasteiger partial charge in [0, 0.05) is 11.3 Å². The molecule has 0 aliphatic rings. The van der Waals surface area contributed by atoms with Crippen LogP contribution in [0.3, 0.4) is 0 Å². The number of thiocarbonyl (C=S) groups is 1. The highest BCUT2D eigenvalue weighted by Gasteiger charge is 2.08. The number of nitrogens with one attached hydrogen (secondary N) is 2.